The zero-order valence-corrected chi connectivity index (χ0v) is 16.1. The maximum absolute atomic E-state index is 12.9. The highest BCUT2D eigenvalue weighted by atomic mass is 19.4. The van der Waals surface area contributed by atoms with Crippen LogP contribution in [0.5, 0.6) is 0 Å². The molecule has 0 spiro atoms. The van der Waals surface area contributed by atoms with Crippen LogP contribution in [0.15, 0.2) is 59.8 Å². The minimum Gasteiger partial charge on any atom is -0.322 e. The summed E-state index contributed by atoms with van der Waals surface area (Å²) in [6.07, 6.45) is -4.06. The van der Waals surface area contributed by atoms with E-state index in [0.29, 0.717) is 17.8 Å². The Morgan fingerprint density at radius 3 is 2.41 bits per heavy atom. The third-order valence-electron chi connectivity index (χ3n) is 4.91. The van der Waals surface area contributed by atoms with E-state index in [1.54, 1.807) is 11.8 Å². The molecular weight excluding hydrogens is 381 g/mol. The molecule has 0 aromatic heterocycles. The van der Waals surface area contributed by atoms with Gasteiger partial charge in [-0.05, 0) is 44.0 Å². The molecule has 0 saturated heterocycles. The molecule has 0 bridgehead atoms. The van der Waals surface area contributed by atoms with E-state index in [-0.39, 0.29) is 24.4 Å². The number of hydrogen-bond acceptors (Lipinski definition) is 2. The first-order valence-electron chi connectivity index (χ1n) is 9.19. The summed E-state index contributed by atoms with van der Waals surface area (Å²) >= 11 is 0. The highest BCUT2D eigenvalue weighted by Gasteiger charge is 2.31. The van der Waals surface area contributed by atoms with E-state index in [4.69, 9.17) is 0 Å². The van der Waals surface area contributed by atoms with E-state index in [0.717, 1.165) is 23.3 Å². The van der Waals surface area contributed by atoms with Crippen LogP contribution >= 0.6 is 0 Å². The van der Waals surface area contributed by atoms with Crippen molar-refractivity contribution in [3.8, 4) is 0 Å². The van der Waals surface area contributed by atoms with Gasteiger partial charge in [-0.2, -0.15) is 13.2 Å². The van der Waals surface area contributed by atoms with Crippen molar-refractivity contribution < 1.29 is 22.8 Å². The van der Waals surface area contributed by atoms with Crippen molar-refractivity contribution in [3.63, 3.8) is 0 Å². The maximum atomic E-state index is 12.9. The van der Waals surface area contributed by atoms with Crippen LogP contribution in [-0.2, 0) is 22.3 Å². The van der Waals surface area contributed by atoms with E-state index < -0.39 is 17.6 Å². The molecule has 0 fully saturated rings. The van der Waals surface area contributed by atoms with Crippen molar-refractivity contribution in [1.29, 1.82) is 0 Å². The Balaban J connectivity index is 1.81. The first-order chi connectivity index (χ1) is 13.6. The second-order valence-corrected chi connectivity index (χ2v) is 7.06. The van der Waals surface area contributed by atoms with Crippen molar-refractivity contribution in [2.24, 2.45) is 0 Å². The van der Waals surface area contributed by atoms with Crippen LogP contribution in [0.2, 0.25) is 0 Å². The molecule has 0 aliphatic carbocycles. The number of rotatable bonds is 4. The smallest absolute Gasteiger partial charge is 0.322 e. The fourth-order valence-electron chi connectivity index (χ4n) is 3.24. The van der Waals surface area contributed by atoms with E-state index in [2.05, 4.69) is 5.32 Å². The standard InChI is InChI=1S/C22H21F3N2O2/c1-14-6-8-16(9-7-14)13-27-15(2)19(10-11-20(27)28)21(29)26-18-5-3-4-17(12-18)22(23,24)25/h3-9,12H,10-11,13H2,1-2H3,(H,26,29). The topological polar surface area (TPSA) is 49.4 Å². The zero-order chi connectivity index (χ0) is 21.2. The van der Waals surface area contributed by atoms with Gasteiger partial charge in [0.25, 0.3) is 5.91 Å². The fourth-order valence-corrected chi connectivity index (χ4v) is 3.24. The van der Waals surface area contributed by atoms with Gasteiger partial charge in [-0.25, -0.2) is 0 Å². The van der Waals surface area contributed by atoms with Crippen LogP contribution in [0.25, 0.3) is 0 Å². The number of alkyl halides is 3. The van der Waals surface area contributed by atoms with E-state index in [9.17, 15) is 22.8 Å². The predicted molar refractivity (Wildman–Crippen MR) is 104 cm³/mol. The molecule has 0 saturated carbocycles. The van der Waals surface area contributed by atoms with Gasteiger partial charge in [-0.3, -0.25) is 9.59 Å². The van der Waals surface area contributed by atoms with Crippen LogP contribution in [0.3, 0.4) is 0 Å². The number of carbonyl (C=O) groups excluding carboxylic acids is 2. The van der Waals surface area contributed by atoms with Gasteiger partial charge in [-0.1, -0.05) is 35.9 Å². The van der Waals surface area contributed by atoms with Crippen molar-refractivity contribution in [2.45, 2.75) is 39.4 Å². The summed E-state index contributed by atoms with van der Waals surface area (Å²) in [6, 6.07) is 12.2. The van der Waals surface area contributed by atoms with Gasteiger partial charge >= 0.3 is 6.18 Å². The lowest BCUT2D eigenvalue weighted by Gasteiger charge is -2.30. The number of carbonyl (C=O) groups is 2. The average Bonchev–Trinajstić information content (AvgIpc) is 2.66. The molecule has 4 nitrogen and oxygen atoms in total. The summed E-state index contributed by atoms with van der Waals surface area (Å²) in [7, 11) is 0. The molecule has 152 valence electrons. The van der Waals surface area contributed by atoms with Gasteiger partial charge in [0.15, 0.2) is 0 Å². The Bertz CT molecular complexity index is 963. The lowest BCUT2D eigenvalue weighted by molar-refractivity contribution is -0.137. The van der Waals surface area contributed by atoms with Gasteiger partial charge < -0.3 is 10.2 Å². The monoisotopic (exact) mass is 402 g/mol. The highest BCUT2D eigenvalue weighted by molar-refractivity contribution is 6.05. The first kappa shape index (κ1) is 20.6. The Hall–Kier alpha value is -3.09. The summed E-state index contributed by atoms with van der Waals surface area (Å²) in [5.74, 6) is -0.582. The molecule has 1 heterocycles. The summed E-state index contributed by atoms with van der Waals surface area (Å²) in [5, 5.41) is 2.53. The lowest BCUT2D eigenvalue weighted by atomic mass is 10.00. The summed E-state index contributed by atoms with van der Waals surface area (Å²) in [4.78, 5) is 26.6. The zero-order valence-electron chi connectivity index (χ0n) is 16.1. The fraction of sp³-hybridized carbons (Fsp3) is 0.273. The summed E-state index contributed by atoms with van der Waals surface area (Å²) < 4.78 is 38.6. The molecule has 7 heteroatoms. The van der Waals surface area contributed by atoms with Crippen LogP contribution in [0, 0.1) is 6.92 Å². The second-order valence-electron chi connectivity index (χ2n) is 7.06. The van der Waals surface area contributed by atoms with Crippen molar-refractivity contribution in [3.05, 3.63) is 76.5 Å². The van der Waals surface area contributed by atoms with Gasteiger partial charge in [0, 0.05) is 23.4 Å². The van der Waals surface area contributed by atoms with Crippen molar-refractivity contribution in [1.82, 2.24) is 4.90 Å². The molecule has 2 aromatic rings. The third kappa shape index (κ3) is 4.85. The second kappa shape index (κ2) is 8.11. The Morgan fingerprint density at radius 2 is 1.76 bits per heavy atom. The Morgan fingerprint density at radius 1 is 1.07 bits per heavy atom. The minimum atomic E-state index is -4.49. The number of nitrogens with zero attached hydrogens (tertiary/aromatic N) is 1. The average molecular weight is 402 g/mol. The molecule has 29 heavy (non-hydrogen) atoms. The number of hydrogen-bond donors (Lipinski definition) is 1. The number of aryl methyl sites for hydroxylation is 1. The largest absolute Gasteiger partial charge is 0.416 e. The molecule has 0 unspecified atom stereocenters. The lowest BCUT2D eigenvalue weighted by Crippen LogP contribution is -2.35. The molecule has 2 amide bonds. The number of halogens is 3. The molecule has 1 N–H and O–H groups in total. The van der Waals surface area contributed by atoms with Gasteiger partial charge in [0.05, 0.1) is 12.1 Å². The van der Waals surface area contributed by atoms with Gasteiger partial charge in [-0.15, -0.1) is 0 Å². The van der Waals surface area contributed by atoms with Crippen molar-refractivity contribution >= 4 is 17.5 Å². The number of amides is 2. The van der Waals surface area contributed by atoms with Crippen LogP contribution in [0.4, 0.5) is 18.9 Å². The molecule has 1 aliphatic rings. The van der Waals surface area contributed by atoms with E-state index in [1.807, 2.05) is 31.2 Å². The third-order valence-corrected chi connectivity index (χ3v) is 4.91. The summed E-state index contributed by atoms with van der Waals surface area (Å²) in [5.41, 5.74) is 2.18. The maximum Gasteiger partial charge on any atom is 0.416 e. The normalized spacial score (nSPS) is 14.9. The SMILES string of the molecule is CC1=C(C(=O)Nc2cccc(C(F)(F)F)c2)CCC(=O)N1Cc1ccc(C)cc1. The molecule has 2 aromatic carbocycles. The highest BCUT2D eigenvalue weighted by Crippen LogP contribution is 2.31. The van der Waals surface area contributed by atoms with Crippen LogP contribution < -0.4 is 5.32 Å². The van der Waals surface area contributed by atoms with Crippen LogP contribution in [-0.4, -0.2) is 16.7 Å². The quantitative estimate of drug-likeness (QED) is 0.778. The minimum absolute atomic E-state index is 0.0621. The molecule has 1 aliphatic heterocycles. The molecular formula is C22H21F3N2O2. The van der Waals surface area contributed by atoms with Crippen molar-refractivity contribution in [2.75, 3.05) is 5.32 Å². The number of allylic oxidation sites excluding steroid dienone is 1. The van der Waals surface area contributed by atoms with Crippen LogP contribution in [0.1, 0.15) is 36.5 Å². The van der Waals surface area contributed by atoms with E-state index >= 15 is 0 Å². The predicted octanol–water partition coefficient (Wildman–Crippen LogP) is 5.05. The molecule has 0 radical (unpaired) electrons. The van der Waals surface area contributed by atoms with E-state index in [1.165, 1.54) is 12.1 Å². The Kier molecular flexibility index (Phi) is 5.77. The molecule has 3 rings (SSSR count). The number of benzene rings is 2. The summed E-state index contributed by atoms with van der Waals surface area (Å²) in [6.45, 7) is 3.99. The first-order valence-corrected chi connectivity index (χ1v) is 9.19. The number of nitrogens with one attached hydrogen (secondary N) is 1. The Labute approximate surface area is 167 Å². The number of anilines is 1. The molecule has 0 atom stereocenters. The van der Waals surface area contributed by atoms with Gasteiger partial charge in [0.1, 0.15) is 0 Å². The van der Waals surface area contributed by atoms with Gasteiger partial charge in [0.2, 0.25) is 5.91 Å².